The lowest BCUT2D eigenvalue weighted by molar-refractivity contribution is -0.141. The maximum atomic E-state index is 11.7. The van der Waals surface area contributed by atoms with Crippen molar-refractivity contribution in [1.29, 1.82) is 0 Å². The number of carbonyl (C=O) groups excluding carboxylic acids is 1. The number of methoxy groups -OCH3 is 2. The summed E-state index contributed by atoms with van der Waals surface area (Å²) >= 11 is 3.22. The molecule has 1 aromatic heterocycles. The van der Waals surface area contributed by atoms with E-state index in [2.05, 4.69) is 12.1 Å². The average molecular weight is 336 g/mol. The van der Waals surface area contributed by atoms with Crippen LogP contribution >= 0.6 is 23.1 Å². The van der Waals surface area contributed by atoms with E-state index in [0.29, 0.717) is 0 Å². The van der Waals surface area contributed by atoms with Gasteiger partial charge in [-0.05, 0) is 30.9 Å². The summed E-state index contributed by atoms with van der Waals surface area (Å²) in [5.74, 6) is -0.490. The maximum Gasteiger partial charge on any atom is 0.313 e. The average Bonchev–Trinajstić information content (AvgIpc) is 3.06. The predicted octanol–water partition coefficient (Wildman–Crippen LogP) is 4.24. The van der Waals surface area contributed by atoms with Crippen LogP contribution in [0.1, 0.15) is 28.2 Å². The smallest absolute Gasteiger partial charge is 0.313 e. The number of esters is 1. The van der Waals surface area contributed by atoms with Gasteiger partial charge in [-0.1, -0.05) is 30.3 Å². The largest absolute Gasteiger partial charge is 0.469 e. The van der Waals surface area contributed by atoms with Gasteiger partial charge in [0.15, 0.2) is 4.93 Å². The van der Waals surface area contributed by atoms with Gasteiger partial charge in [0, 0.05) is 12.0 Å². The number of benzene rings is 1. The highest BCUT2D eigenvalue weighted by Gasteiger charge is 2.35. The molecule has 1 heterocycles. The molecule has 0 fully saturated rings. The van der Waals surface area contributed by atoms with Gasteiger partial charge >= 0.3 is 5.97 Å². The highest BCUT2D eigenvalue weighted by Crippen LogP contribution is 2.45. The Morgan fingerprint density at radius 2 is 1.86 bits per heavy atom. The van der Waals surface area contributed by atoms with E-state index in [1.165, 1.54) is 7.11 Å². The summed E-state index contributed by atoms with van der Waals surface area (Å²) in [6.07, 6.45) is 2.03. The summed E-state index contributed by atoms with van der Waals surface area (Å²) in [5, 5.41) is 0. The molecule has 0 radical (unpaired) electrons. The number of hydrogen-bond acceptors (Lipinski definition) is 5. The van der Waals surface area contributed by atoms with Gasteiger partial charge < -0.3 is 9.47 Å². The van der Waals surface area contributed by atoms with Gasteiger partial charge in [-0.2, -0.15) is 0 Å². The normalized spacial score (nSPS) is 15.1. The van der Waals surface area contributed by atoms with Crippen LogP contribution in [0, 0.1) is 0 Å². The van der Waals surface area contributed by atoms with Crippen molar-refractivity contribution in [2.45, 2.75) is 17.8 Å². The molecule has 0 aliphatic carbocycles. The molecule has 5 heteroatoms. The van der Waals surface area contributed by atoms with Crippen molar-refractivity contribution in [3.8, 4) is 0 Å². The first-order valence-electron chi connectivity index (χ1n) is 6.93. The second-order valence-corrected chi connectivity index (χ2v) is 6.94. The summed E-state index contributed by atoms with van der Waals surface area (Å²) < 4.78 is 10.7. The quantitative estimate of drug-likeness (QED) is 0.584. The third kappa shape index (κ3) is 3.07. The number of rotatable bonds is 6. The van der Waals surface area contributed by atoms with E-state index in [1.807, 2.05) is 43.5 Å². The summed E-state index contributed by atoms with van der Waals surface area (Å²) in [7, 11) is 3.13. The minimum atomic E-state index is -0.556. The molecule has 22 heavy (non-hydrogen) atoms. The van der Waals surface area contributed by atoms with Crippen molar-refractivity contribution in [2.75, 3.05) is 20.5 Å². The minimum absolute atomic E-state index is 0.222. The molecule has 3 nitrogen and oxygen atoms in total. The molecule has 0 saturated carbocycles. The standard InChI is InChI=1S/C17H20O3S2/c1-12(16(18)19-2)14-10-11-15(22-14)17(20-3,21-4)13-8-6-5-7-9-13/h5-12H,1-4H3. The molecule has 0 aliphatic heterocycles. The predicted molar refractivity (Wildman–Crippen MR) is 92.5 cm³/mol. The minimum Gasteiger partial charge on any atom is -0.469 e. The summed E-state index contributed by atoms with van der Waals surface area (Å²) in [6.45, 7) is 1.86. The van der Waals surface area contributed by atoms with Gasteiger partial charge in [-0.25, -0.2) is 0 Å². The molecule has 0 aliphatic rings. The molecule has 2 atom stereocenters. The fourth-order valence-corrected chi connectivity index (χ4v) is 4.69. The van der Waals surface area contributed by atoms with Crippen LogP contribution in [0.4, 0.5) is 0 Å². The topological polar surface area (TPSA) is 35.5 Å². The van der Waals surface area contributed by atoms with Gasteiger partial charge in [0.05, 0.1) is 17.9 Å². The molecule has 1 aromatic carbocycles. The lowest BCUT2D eigenvalue weighted by Gasteiger charge is -2.30. The molecule has 0 bridgehead atoms. The van der Waals surface area contributed by atoms with Crippen LogP contribution in [-0.2, 0) is 19.2 Å². The lowest BCUT2D eigenvalue weighted by atomic mass is 10.1. The zero-order chi connectivity index (χ0) is 16.2. The molecule has 0 spiro atoms. The van der Waals surface area contributed by atoms with Crippen molar-refractivity contribution in [3.05, 3.63) is 57.8 Å². The molecule has 2 rings (SSSR count). The Bertz CT molecular complexity index is 618. The van der Waals surface area contributed by atoms with Gasteiger partial charge in [0.25, 0.3) is 0 Å². The van der Waals surface area contributed by atoms with Crippen LogP contribution in [0.3, 0.4) is 0 Å². The molecule has 0 amide bonds. The Kier molecular flexibility index (Phi) is 5.67. The zero-order valence-corrected chi connectivity index (χ0v) is 14.8. The fourth-order valence-electron chi connectivity index (χ4n) is 2.38. The van der Waals surface area contributed by atoms with Crippen LogP contribution in [0.5, 0.6) is 0 Å². The number of carbonyl (C=O) groups is 1. The number of thiophene rings is 1. The van der Waals surface area contributed by atoms with Crippen molar-refractivity contribution < 1.29 is 14.3 Å². The van der Waals surface area contributed by atoms with E-state index in [4.69, 9.17) is 9.47 Å². The Morgan fingerprint density at radius 3 is 2.41 bits per heavy atom. The van der Waals surface area contributed by atoms with Gasteiger partial charge in [-0.3, -0.25) is 4.79 Å². The van der Waals surface area contributed by atoms with Crippen LogP contribution in [0.15, 0.2) is 42.5 Å². The molecular formula is C17H20O3S2. The summed E-state index contributed by atoms with van der Waals surface area (Å²) in [6, 6.07) is 14.1. The number of hydrogen-bond donors (Lipinski definition) is 0. The lowest BCUT2D eigenvalue weighted by Crippen LogP contribution is -2.24. The van der Waals surface area contributed by atoms with Gasteiger partial charge in [-0.15, -0.1) is 23.1 Å². The SMILES string of the molecule is COC(=O)C(C)c1ccc(C(OC)(SC)c2ccccc2)s1. The van der Waals surface area contributed by atoms with E-state index >= 15 is 0 Å². The van der Waals surface area contributed by atoms with Crippen molar-refractivity contribution >= 4 is 29.1 Å². The molecule has 2 aromatic rings. The Hall–Kier alpha value is -1.30. The second-order valence-electron chi connectivity index (χ2n) is 4.84. The van der Waals surface area contributed by atoms with Crippen molar-refractivity contribution in [3.63, 3.8) is 0 Å². The first kappa shape index (κ1) is 17.1. The van der Waals surface area contributed by atoms with E-state index < -0.39 is 4.93 Å². The molecule has 118 valence electrons. The molecule has 0 N–H and O–H groups in total. The Labute approximate surface area is 139 Å². The zero-order valence-electron chi connectivity index (χ0n) is 13.2. The summed E-state index contributed by atoms with van der Waals surface area (Å²) in [4.78, 5) is 13.2. The Morgan fingerprint density at radius 1 is 1.18 bits per heavy atom. The van der Waals surface area contributed by atoms with Gasteiger partial charge in [0.1, 0.15) is 0 Å². The Balaban J connectivity index is 2.43. The fraction of sp³-hybridized carbons (Fsp3) is 0.353. The third-order valence-electron chi connectivity index (χ3n) is 3.66. The monoisotopic (exact) mass is 336 g/mol. The van der Waals surface area contributed by atoms with Crippen LogP contribution in [0.25, 0.3) is 0 Å². The van der Waals surface area contributed by atoms with E-state index in [0.717, 1.165) is 15.3 Å². The van der Waals surface area contributed by atoms with Crippen LogP contribution in [0.2, 0.25) is 0 Å². The maximum absolute atomic E-state index is 11.7. The number of ether oxygens (including phenoxy) is 2. The first-order valence-corrected chi connectivity index (χ1v) is 8.97. The highest BCUT2D eigenvalue weighted by molar-refractivity contribution is 7.99. The first-order chi connectivity index (χ1) is 10.6. The highest BCUT2D eigenvalue weighted by atomic mass is 32.2. The second kappa shape index (κ2) is 7.31. The molecule has 0 saturated heterocycles. The van der Waals surface area contributed by atoms with Crippen LogP contribution < -0.4 is 0 Å². The third-order valence-corrected chi connectivity index (χ3v) is 6.36. The number of thioether (sulfide) groups is 1. The summed E-state index contributed by atoms with van der Waals surface area (Å²) in [5.41, 5.74) is 1.09. The van der Waals surface area contributed by atoms with E-state index in [-0.39, 0.29) is 11.9 Å². The van der Waals surface area contributed by atoms with Crippen molar-refractivity contribution in [2.24, 2.45) is 0 Å². The molecule has 2 unspecified atom stereocenters. The molecular weight excluding hydrogens is 316 g/mol. The van der Waals surface area contributed by atoms with Gasteiger partial charge in [0.2, 0.25) is 0 Å². The van der Waals surface area contributed by atoms with Crippen molar-refractivity contribution in [1.82, 2.24) is 0 Å². The van der Waals surface area contributed by atoms with Crippen LogP contribution in [-0.4, -0.2) is 26.4 Å². The van der Waals surface area contributed by atoms with E-state index in [9.17, 15) is 4.79 Å². The van der Waals surface area contributed by atoms with E-state index in [1.54, 1.807) is 30.2 Å².